The number of nitrogens with zero attached hydrogens (tertiary/aromatic N) is 2. The molecule has 1 saturated carbocycles. The van der Waals surface area contributed by atoms with Gasteiger partial charge in [0, 0.05) is 19.0 Å². The first-order valence-corrected chi connectivity index (χ1v) is 17.4. The third kappa shape index (κ3) is 8.04. The van der Waals surface area contributed by atoms with Crippen molar-refractivity contribution in [1.82, 2.24) is 10.2 Å². The number of hydrogen-bond donors (Lipinski definition) is 1. The van der Waals surface area contributed by atoms with E-state index in [4.69, 9.17) is 0 Å². The number of anilines is 1. The van der Waals surface area contributed by atoms with Crippen molar-refractivity contribution in [3.05, 3.63) is 131 Å². The molecular formula is C38H43N3O4S. The first-order valence-electron chi connectivity index (χ1n) is 16.0. The van der Waals surface area contributed by atoms with Crippen molar-refractivity contribution < 1.29 is 18.0 Å². The van der Waals surface area contributed by atoms with Crippen molar-refractivity contribution >= 4 is 27.5 Å². The molecule has 0 saturated heterocycles. The molecule has 4 aromatic carbocycles. The van der Waals surface area contributed by atoms with Crippen LogP contribution < -0.4 is 9.62 Å². The molecule has 7 nitrogen and oxygen atoms in total. The standard InChI is InChI=1S/C38H43N3O4S/c1-28-13-12-16-32(23-28)26-40(36(25-31-14-6-4-7-15-31)38(43)39-33-17-10-11-18-33)37(42)27-41(35-24-29(2)21-22-30(35)3)46(44,45)34-19-8-5-9-20-34/h4-9,12-16,19-24,33,36H,10-11,17-18,25-27H2,1-3H3,(H,39,43). The van der Waals surface area contributed by atoms with Crippen molar-refractivity contribution in [3.63, 3.8) is 0 Å². The maximum absolute atomic E-state index is 14.7. The Morgan fingerprint density at radius 2 is 1.41 bits per heavy atom. The minimum atomic E-state index is -4.14. The largest absolute Gasteiger partial charge is 0.352 e. The molecule has 1 unspecified atom stereocenters. The Morgan fingerprint density at radius 3 is 2.09 bits per heavy atom. The lowest BCUT2D eigenvalue weighted by Crippen LogP contribution is -2.54. The second-order valence-corrected chi connectivity index (χ2v) is 14.2. The third-order valence-corrected chi connectivity index (χ3v) is 10.4. The Labute approximate surface area is 273 Å². The minimum absolute atomic E-state index is 0.0617. The van der Waals surface area contributed by atoms with E-state index < -0.39 is 28.5 Å². The smallest absolute Gasteiger partial charge is 0.264 e. The van der Waals surface area contributed by atoms with Crippen molar-refractivity contribution in [3.8, 4) is 0 Å². The van der Waals surface area contributed by atoms with Crippen molar-refractivity contribution in [2.75, 3.05) is 10.8 Å². The van der Waals surface area contributed by atoms with Crippen molar-refractivity contribution in [1.29, 1.82) is 0 Å². The number of aryl methyl sites for hydroxylation is 3. The summed E-state index contributed by atoms with van der Waals surface area (Å²) in [5.74, 6) is -0.676. The maximum atomic E-state index is 14.7. The summed E-state index contributed by atoms with van der Waals surface area (Å²) in [4.78, 5) is 30.5. The van der Waals surface area contributed by atoms with Crippen LogP contribution in [0.3, 0.4) is 0 Å². The molecule has 0 bridgehead atoms. The van der Waals surface area contributed by atoms with Crippen LogP contribution in [0.5, 0.6) is 0 Å². The molecule has 2 amide bonds. The summed E-state index contributed by atoms with van der Waals surface area (Å²) in [5, 5.41) is 3.22. The van der Waals surface area contributed by atoms with E-state index in [0.29, 0.717) is 12.1 Å². The van der Waals surface area contributed by atoms with Crippen LogP contribution in [0.15, 0.2) is 108 Å². The van der Waals surface area contributed by atoms with E-state index >= 15 is 0 Å². The number of carbonyl (C=O) groups is 2. The summed E-state index contributed by atoms with van der Waals surface area (Å²) in [6, 6.07) is 30.5. The molecule has 0 heterocycles. The Kier molecular flexibility index (Phi) is 10.6. The Hall–Kier alpha value is -4.43. The first kappa shape index (κ1) is 32.9. The zero-order valence-electron chi connectivity index (χ0n) is 26.9. The molecule has 5 rings (SSSR count). The van der Waals surface area contributed by atoms with Crippen LogP contribution in [0.2, 0.25) is 0 Å². The zero-order chi connectivity index (χ0) is 32.7. The van der Waals surface area contributed by atoms with Crippen molar-refractivity contribution in [2.45, 2.75) is 76.4 Å². The summed E-state index contributed by atoms with van der Waals surface area (Å²) in [7, 11) is -4.14. The summed E-state index contributed by atoms with van der Waals surface area (Å²) in [5.41, 5.74) is 4.84. The van der Waals surface area contributed by atoms with Gasteiger partial charge in [0.1, 0.15) is 12.6 Å². The predicted octanol–water partition coefficient (Wildman–Crippen LogP) is 6.51. The van der Waals surface area contributed by atoms with E-state index in [1.165, 1.54) is 16.4 Å². The van der Waals surface area contributed by atoms with Gasteiger partial charge in [-0.2, -0.15) is 0 Å². The van der Waals surface area contributed by atoms with Crippen LogP contribution >= 0.6 is 0 Å². The van der Waals surface area contributed by atoms with Gasteiger partial charge in [0.05, 0.1) is 10.6 Å². The third-order valence-electron chi connectivity index (χ3n) is 8.65. The number of nitrogens with one attached hydrogen (secondary N) is 1. The number of sulfonamides is 1. The number of rotatable bonds is 12. The van der Waals surface area contributed by atoms with Crippen LogP contribution in [-0.4, -0.2) is 43.8 Å². The van der Waals surface area contributed by atoms with E-state index in [2.05, 4.69) is 5.32 Å². The van der Waals surface area contributed by atoms with Gasteiger partial charge in [-0.3, -0.25) is 13.9 Å². The fourth-order valence-corrected chi connectivity index (χ4v) is 7.64. The molecule has 1 N–H and O–H groups in total. The second kappa shape index (κ2) is 14.8. The molecule has 46 heavy (non-hydrogen) atoms. The lowest BCUT2D eigenvalue weighted by Gasteiger charge is -2.34. The first-order chi connectivity index (χ1) is 22.1. The fourth-order valence-electron chi connectivity index (χ4n) is 6.15. The molecule has 0 radical (unpaired) electrons. The average Bonchev–Trinajstić information content (AvgIpc) is 3.56. The summed E-state index contributed by atoms with van der Waals surface area (Å²) in [6.45, 7) is 5.41. The van der Waals surface area contributed by atoms with Crippen molar-refractivity contribution in [2.24, 2.45) is 0 Å². The van der Waals surface area contributed by atoms with Crippen LogP contribution in [0.25, 0.3) is 0 Å². The minimum Gasteiger partial charge on any atom is -0.352 e. The normalized spacial score (nSPS) is 14.1. The topological polar surface area (TPSA) is 86.8 Å². The van der Waals surface area contributed by atoms with E-state index in [-0.39, 0.29) is 23.4 Å². The zero-order valence-corrected chi connectivity index (χ0v) is 27.7. The molecule has 1 atom stereocenters. The van der Waals surface area contributed by atoms with Crippen LogP contribution in [0, 0.1) is 20.8 Å². The highest BCUT2D eigenvalue weighted by Gasteiger charge is 2.36. The number of carbonyl (C=O) groups excluding carboxylic acids is 2. The van der Waals surface area contributed by atoms with Gasteiger partial charge in [-0.1, -0.05) is 103 Å². The molecule has 0 spiro atoms. The van der Waals surface area contributed by atoms with Gasteiger partial charge in [-0.15, -0.1) is 0 Å². The number of benzene rings is 4. The number of hydrogen-bond acceptors (Lipinski definition) is 4. The molecule has 1 aliphatic carbocycles. The Morgan fingerprint density at radius 1 is 0.783 bits per heavy atom. The molecule has 0 aromatic heterocycles. The maximum Gasteiger partial charge on any atom is 0.264 e. The Balaban J connectivity index is 1.58. The van der Waals surface area contributed by atoms with E-state index in [1.54, 1.807) is 29.2 Å². The molecule has 1 fully saturated rings. The molecule has 4 aromatic rings. The highest BCUT2D eigenvalue weighted by atomic mass is 32.2. The van der Waals surface area contributed by atoms with Gasteiger partial charge in [-0.25, -0.2) is 8.42 Å². The SMILES string of the molecule is Cc1cccc(CN(C(=O)CN(c2cc(C)ccc2C)S(=O)(=O)c2ccccc2)C(Cc2ccccc2)C(=O)NC2CCCC2)c1. The predicted molar refractivity (Wildman–Crippen MR) is 183 cm³/mol. The van der Waals surface area contributed by atoms with Gasteiger partial charge in [0.15, 0.2) is 0 Å². The summed E-state index contributed by atoms with van der Waals surface area (Å²) < 4.78 is 29.7. The van der Waals surface area contributed by atoms with Gasteiger partial charge in [0.2, 0.25) is 11.8 Å². The quantitative estimate of drug-likeness (QED) is 0.192. The average molecular weight is 638 g/mol. The lowest BCUT2D eigenvalue weighted by molar-refractivity contribution is -0.140. The molecule has 8 heteroatoms. The van der Waals surface area contributed by atoms with E-state index in [0.717, 1.165) is 53.5 Å². The van der Waals surface area contributed by atoms with Gasteiger partial charge in [-0.05, 0) is 74.1 Å². The molecule has 0 aliphatic heterocycles. The molecule has 240 valence electrons. The summed E-state index contributed by atoms with van der Waals surface area (Å²) in [6.07, 6.45) is 4.23. The van der Waals surface area contributed by atoms with Gasteiger partial charge in [0.25, 0.3) is 10.0 Å². The van der Waals surface area contributed by atoms with Crippen LogP contribution in [0.4, 0.5) is 5.69 Å². The summed E-state index contributed by atoms with van der Waals surface area (Å²) >= 11 is 0. The lowest BCUT2D eigenvalue weighted by atomic mass is 10.0. The highest BCUT2D eigenvalue weighted by Crippen LogP contribution is 2.29. The Bertz CT molecular complexity index is 1750. The number of amides is 2. The second-order valence-electron chi connectivity index (χ2n) is 12.3. The van der Waals surface area contributed by atoms with Gasteiger partial charge >= 0.3 is 0 Å². The molecule has 1 aliphatic rings. The highest BCUT2D eigenvalue weighted by molar-refractivity contribution is 7.92. The van der Waals surface area contributed by atoms with Gasteiger partial charge < -0.3 is 10.2 Å². The molecular weight excluding hydrogens is 595 g/mol. The van der Waals surface area contributed by atoms with Crippen LogP contribution in [-0.2, 0) is 32.6 Å². The monoisotopic (exact) mass is 637 g/mol. The van der Waals surface area contributed by atoms with E-state index in [9.17, 15) is 18.0 Å². The van der Waals surface area contributed by atoms with E-state index in [1.807, 2.05) is 87.5 Å². The van der Waals surface area contributed by atoms with Crippen LogP contribution in [0.1, 0.15) is 53.5 Å². The fraction of sp³-hybridized carbons (Fsp3) is 0.316.